The van der Waals surface area contributed by atoms with Gasteiger partial charge in [-0.15, -0.1) is 0 Å². The van der Waals surface area contributed by atoms with Gasteiger partial charge in [0.05, 0.1) is 0 Å². The number of hydrogen-bond acceptors (Lipinski definition) is 5. The molecular formula is C14H14FN3O4. The van der Waals surface area contributed by atoms with E-state index in [1.54, 1.807) is 0 Å². The van der Waals surface area contributed by atoms with E-state index in [-0.39, 0.29) is 30.1 Å². The molecule has 0 radical (unpaired) electrons. The summed E-state index contributed by atoms with van der Waals surface area (Å²) in [6.45, 7) is 1.38. The molecule has 0 unspecified atom stereocenters. The number of esters is 1. The first-order chi connectivity index (χ1) is 10.5. The summed E-state index contributed by atoms with van der Waals surface area (Å²) in [4.78, 5) is 34.6. The SMILES string of the molecule is C[C@H](OC(=O)C1=NNC(=O)CC1)C(=O)Nc1cccc(F)c1. The zero-order valence-corrected chi connectivity index (χ0v) is 11.8. The number of nitrogens with zero attached hydrogens (tertiary/aromatic N) is 1. The minimum atomic E-state index is -1.09. The van der Waals surface area contributed by atoms with E-state index in [4.69, 9.17) is 4.74 Å². The molecule has 0 spiro atoms. The van der Waals surface area contributed by atoms with Crippen LogP contribution in [0.15, 0.2) is 29.4 Å². The molecule has 1 heterocycles. The molecule has 0 saturated heterocycles. The molecule has 0 saturated carbocycles. The molecule has 22 heavy (non-hydrogen) atoms. The van der Waals surface area contributed by atoms with Crippen LogP contribution in [0.25, 0.3) is 0 Å². The Morgan fingerprint density at radius 2 is 2.18 bits per heavy atom. The summed E-state index contributed by atoms with van der Waals surface area (Å²) in [5.74, 6) is -2.15. The first-order valence-corrected chi connectivity index (χ1v) is 6.58. The molecule has 7 nitrogen and oxygen atoms in total. The van der Waals surface area contributed by atoms with Crippen molar-refractivity contribution in [3.05, 3.63) is 30.1 Å². The predicted octanol–water partition coefficient (Wildman–Crippen LogP) is 0.962. The Kier molecular flexibility index (Phi) is 4.82. The molecule has 1 aliphatic heterocycles. The van der Waals surface area contributed by atoms with Gasteiger partial charge in [-0.3, -0.25) is 9.59 Å². The van der Waals surface area contributed by atoms with Crippen LogP contribution in [0.2, 0.25) is 0 Å². The molecule has 2 amide bonds. The lowest BCUT2D eigenvalue weighted by molar-refractivity contribution is -0.146. The van der Waals surface area contributed by atoms with Crippen molar-refractivity contribution in [1.29, 1.82) is 0 Å². The maximum Gasteiger partial charge on any atom is 0.355 e. The van der Waals surface area contributed by atoms with Crippen molar-refractivity contribution in [1.82, 2.24) is 5.43 Å². The van der Waals surface area contributed by atoms with Crippen LogP contribution in [0.5, 0.6) is 0 Å². The van der Waals surface area contributed by atoms with E-state index in [0.717, 1.165) is 6.07 Å². The first kappa shape index (κ1) is 15.6. The van der Waals surface area contributed by atoms with Crippen LogP contribution in [-0.4, -0.2) is 29.6 Å². The first-order valence-electron chi connectivity index (χ1n) is 6.58. The number of nitrogens with one attached hydrogen (secondary N) is 2. The Morgan fingerprint density at radius 3 is 2.82 bits per heavy atom. The molecule has 0 fully saturated rings. The number of amides is 2. The summed E-state index contributed by atoms with van der Waals surface area (Å²) in [7, 11) is 0. The number of carbonyl (C=O) groups excluding carboxylic acids is 3. The van der Waals surface area contributed by atoms with Gasteiger partial charge in [0.1, 0.15) is 11.5 Å². The standard InChI is InChI=1S/C14H14FN3O4/c1-8(13(20)16-10-4-2-3-9(15)7-10)22-14(21)11-5-6-12(19)18-17-11/h2-4,7-8H,5-6H2,1H3,(H,16,20)(H,18,19)/t8-/m0/s1. The highest BCUT2D eigenvalue weighted by Gasteiger charge is 2.24. The van der Waals surface area contributed by atoms with Gasteiger partial charge >= 0.3 is 5.97 Å². The smallest absolute Gasteiger partial charge is 0.355 e. The van der Waals surface area contributed by atoms with E-state index >= 15 is 0 Å². The van der Waals surface area contributed by atoms with Gasteiger partial charge in [-0.25, -0.2) is 14.6 Å². The lowest BCUT2D eigenvalue weighted by Gasteiger charge is -2.15. The van der Waals surface area contributed by atoms with Crippen LogP contribution < -0.4 is 10.7 Å². The van der Waals surface area contributed by atoms with E-state index < -0.39 is 23.8 Å². The van der Waals surface area contributed by atoms with Crippen molar-refractivity contribution in [2.75, 3.05) is 5.32 Å². The lowest BCUT2D eigenvalue weighted by atomic mass is 10.2. The predicted molar refractivity (Wildman–Crippen MR) is 75.4 cm³/mol. The van der Waals surface area contributed by atoms with E-state index in [9.17, 15) is 18.8 Å². The number of anilines is 1. The van der Waals surface area contributed by atoms with Gasteiger partial charge in [-0.2, -0.15) is 5.10 Å². The topological polar surface area (TPSA) is 96.9 Å². The normalized spacial score (nSPS) is 15.4. The molecule has 2 N–H and O–H groups in total. The minimum Gasteiger partial charge on any atom is -0.448 e. The van der Waals surface area contributed by atoms with Gasteiger partial charge in [0.2, 0.25) is 5.91 Å². The second-order valence-corrected chi connectivity index (χ2v) is 4.64. The van der Waals surface area contributed by atoms with Gasteiger partial charge in [-0.1, -0.05) is 6.07 Å². The summed E-state index contributed by atoms with van der Waals surface area (Å²) in [6.07, 6.45) is -0.795. The molecule has 8 heteroatoms. The number of hydrogen-bond donors (Lipinski definition) is 2. The maximum atomic E-state index is 13.0. The average Bonchev–Trinajstić information content (AvgIpc) is 2.47. The highest BCUT2D eigenvalue weighted by molar-refractivity contribution is 6.37. The molecule has 2 rings (SSSR count). The molecule has 1 aromatic rings. The summed E-state index contributed by atoms with van der Waals surface area (Å²) < 4.78 is 18.0. The summed E-state index contributed by atoms with van der Waals surface area (Å²) in [5.41, 5.74) is 2.47. The molecular weight excluding hydrogens is 293 g/mol. The fraction of sp³-hybridized carbons (Fsp3) is 0.286. The van der Waals surface area contributed by atoms with E-state index in [2.05, 4.69) is 15.8 Å². The number of rotatable bonds is 4. The summed E-state index contributed by atoms with van der Waals surface area (Å²) in [5, 5.41) is 6.01. The highest BCUT2D eigenvalue weighted by atomic mass is 19.1. The molecule has 1 atom stereocenters. The zero-order chi connectivity index (χ0) is 16.1. The number of hydrazone groups is 1. The molecule has 1 aliphatic rings. The number of ether oxygens (including phenoxy) is 1. The monoisotopic (exact) mass is 307 g/mol. The van der Waals surface area contributed by atoms with Crippen molar-refractivity contribution in [2.24, 2.45) is 5.10 Å². The van der Waals surface area contributed by atoms with Gasteiger partial charge in [0, 0.05) is 18.5 Å². The van der Waals surface area contributed by atoms with Crippen molar-refractivity contribution >= 4 is 29.2 Å². The van der Waals surface area contributed by atoms with Crippen molar-refractivity contribution < 1.29 is 23.5 Å². The number of carbonyl (C=O) groups is 3. The summed E-state index contributed by atoms with van der Waals surface area (Å²) >= 11 is 0. The van der Waals surface area contributed by atoms with Crippen LogP contribution in [0, 0.1) is 5.82 Å². The number of halogens is 1. The molecule has 116 valence electrons. The highest BCUT2D eigenvalue weighted by Crippen LogP contribution is 2.10. The van der Waals surface area contributed by atoms with Crippen molar-refractivity contribution in [2.45, 2.75) is 25.9 Å². The lowest BCUT2D eigenvalue weighted by Crippen LogP contribution is -2.35. The quantitative estimate of drug-likeness (QED) is 0.810. The van der Waals surface area contributed by atoms with Crippen LogP contribution in [-0.2, 0) is 19.1 Å². The average molecular weight is 307 g/mol. The molecule has 1 aromatic carbocycles. The van der Waals surface area contributed by atoms with E-state index in [0.29, 0.717) is 0 Å². The maximum absolute atomic E-state index is 13.0. The van der Waals surface area contributed by atoms with Gasteiger partial charge in [0.15, 0.2) is 6.10 Å². The summed E-state index contributed by atoms with van der Waals surface area (Å²) in [6, 6.07) is 5.35. The fourth-order valence-corrected chi connectivity index (χ4v) is 1.71. The van der Waals surface area contributed by atoms with E-state index in [1.165, 1.54) is 25.1 Å². The van der Waals surface area contributed by atoms with Crippen LogP contribution in [0.3, 0.4) is 0 Å². The van der Waals surface area contributed by atoms with E-state index in [1.807, 2.05) is 0 Å². The Labute approximate surface area is 125 Å². The van der Waals surface area contributed by atoms with Crippen molar-refractivity contribution in [3.8, 4) is 0 Å². The fourth-order valence-electron chi connectivity index (χ4n) is 1.71. The van der Waals surface area contributed by atoms with Gasteiger partial charge in [-0.05, 0) is 25.1 Å². The second kappa shape index (κ2) is 6.79. The molecule has 0 aliphatic carbocycles. The second-order valence-electron chi connectivity index (χ2n) is 4.64. The Bertz CT molecular complexity index is 645. The zero-order valence-electron chi connectivity index (χ0n) is 11.8. The Balaban J connectivity index is 1.91. The third-order valence-corrected chi connectivity index (χ3v) is 2.89. The van der Waals surface area contributed by atoms with Gasteiger partial charge in [0.25, 0.3) is 5.91 Å². The third kappa shape index (κ3) is 4.11. The number of benzene rings is 1. The van der Waals surface area contributed by atoms with Crippen LogP contribution >= 0.6 is 0 Å². The van der Waals surface area contributed by atoms with Gasteiger partial charge < -0.3 is 10.1 Å². The molecule has 0 aromatic heterocycles. The minimum absolute atomic E-state index is 0.0463. The largest absolute Gasteiger partial charge is 0.448 e. The Morgan fingerprint density at radius 1 is 1.41 bits per heavy atom. The third-order valence-electron chi connectivity index (χ3n) is 2.89. The van der Waals surface area contributed by atoms with Crippen LogP contribution in [0.4, 0.5) is 10.1 Å². The van der Waals surface area contributed by atoms with Crippen molar-refractivity contribution in [3.63, 3.8) is 0 Å². The van der Waals surface area contributed by atoms with Crippen LogP contribution in [0.1, 0.15) is 19.8 Å². The Hall–Kier alpha value is -2.77. The molecule has 0 bridgehead atoms.